The summed E-state index contributed by atoms with van der Waals surface area (Å²) in [6.45, 7) is 2.41. The maximum Gasteiger partial charge on any atom is 0.329 e. The summed E-state index contributed by atoms with van der Waals surface area (Å²) in [7, 11) is 0. The van der Waals surface area contributed by atoms with E-state index in [0.717, 1.165) is 29.2 Å². The van der Waals surface area contributed by atoms with Crippen LogP contribution in [0.1, 0.15) is 30.7 Å². The summed E-state index contributed by atoms with van der Waals surface area (Å²) in [4.78, 5) is 27.7. The van der Waals surface area contributed by atoms with Crippen molar-refractivity contribution in [1.82, 2.24) is 4.90 Å². The van der Waals surface area contributed by atoms with Gasteiger partial charge in [-0.05, 0) is 23.9 Å². The van der Waals surface area contributed by atoms with Crippen LogP contribution in [0.4, 0.5) is 10.5 Å². The number of carbonyl (C=O) groups excluding carboxylic acids is 2. The van der Waals surface area contributed by atoms with E-state index in [1.165, 1.54) is 11.8 Å². The maximum absolute atomic E-state index is 13.4. The first-order chi connectivity index (χ1) is 14.7. The van der Waals surface area contributed by atoms with Crippen LogP contribution in [-0.4, -0.2) is 35.3 Å². The van der Waals surface area contributed by atoms with Crippen LogP contribution in [-0.2, 0) is 9.53 Å². The van der Waals surface area contributed by atoms with Gasteiger partial charge in [0.05, 0.1) is 24.8 Å². The molecule has 7 heteroatoms. The summed E-state index contributed by atoms with van der Waals surface area (Å²) >= 11 is 1.53. The predicted octanol–water partition coefficient (Wildman–Crippen LogP) is 5.42. The van der Waals surface area contributed by atoms with Gasteiger partial charge in [-0.25, -0.2) is 9.59 Å². The second-order valence-electron chi connectivity index (χ2n) is 7.14. The smallest absolute Gasteiger partial charge is 0.329 e. The number of anilines is 1. The number of ether oxygens (including phenoxy) is 1. The Kier molecular flexibility index (Phi) is 6.28. The molecule has 2 aromatic carbocycles. The average Bonchev–Trinajstić information content (AvgIpc) is 3.44. The van der Waals surface area contributed by atoms with Gasteiger partial charge in [-0.1, -0.05) is 49.7 Å². The van der Waals surface area contributed by atoms with Gasteiger partial charge in [-0.2, -0.15) is 0 Å². The molecule has 1 N–H and O–H groups in total. The Labute approximate surface area is 179 Å². The van der Waals surface area contributed by atoms with Crippen molar-refractivity contribution in [3.63, 3.8) is 0 Å². The summed E-state index contributed by atoms with van der Waals surface area (Å²) < 4.78 is 10.7. The van der Waals surface area contributed by atoms with Gasteiger partial charge in [0.2, 0.25) is 0 Å². The molecule has 2 heterocycles. The normalized spacial score (nSPS) is 18.5. The molecule has 1 aromatic heterocycles. The summed E-state index contributed by atoms with van der Waals surface area (Å²) in [5, 5.41) is 4.67. The van der Waals surface area contributed by atoms with Gasteiger partial charge in [0, 0.05) is 16.7 Å². The standard InChI is InChI=1S/C23H24N2O4S/c1-2-3-12-29-22(26)20-15-30-21(17-11-13-28-14-17)25(20)23(27)24-19-10-6-8-16-7-4-5-9-18(16)19/h4-11,13-14,20-21H,2-3,12,15H2,1H3,(H,24,27). The zero-order chi connectivity index (χ0) is 20.9. The van der Waals surface area contributed by atoms with E-state index >= 15 is 0 Å². The van der Waals surface area contributed by atoms with Crippen LogP contribution < -0.4 is 5.32 Å². The molecule has 30 heavy (non-hydrogen) atoms. The van der Waals surface area contributed by atoms with Crippen molar-refractivity contribution in [3.8, 4) is 0 Å². The van der Waals surface area contributed by atoms with E-state index in [4.69, 9.17) is 9.15 Å². The summed E-state index contributed by atoms with van der Waals surface area (Å²) in [6, 6.07) is 14.5. The number of esters is 1. The second kappa shape index (κ2) is 9.26. The first kappa shape index (κ1) is 20.3. The van der Waals surface area contributed by atoms with E-state index in [2.05, 4.69) is 5.32 Å². The molecule has 1 saturated heterocycles. The van der Waals surface area contributed by atoms with Crippen LogP contribution in [0.25, 0.3) is 10.8 Å². The van der Waals surface area contributed by atoms with Gasteiger partial charge < -0.3 is 14.5 Å². The van der Waals surface area contributed by atoms with Crippen LogP contribution in [0.5, 0.6) is 0 Å². The minimum Gasteiger partial charge on any atom is -0.472 e. The third-order valence-corrected chi connectivity index (χ3v) is 6.43. The van der Waals surface area contributed by atoms with Crippen LogP contribution in [0.2, 0.25) is 0 Å². The van der Waals surface area contributed by atoms with Crippen molar-refractivity contribution in [2.45, 2.75) is 31.2 Å². The van der Waals surface area contributed by atoms with Crippen LogP contribution in [0.15, 0.2) is 65.5 Å². The number of amides is 2. The molecule has 0 spiro atoms. The third kappa shape index (κ3) is 4.16. The first-order valence-corrected chi connectivity index (χ1v) is 11.1. The Hall–Kier alpha value is -2.93. The van der Waals surface area contributed by atoms with Gasteiger partial charge in [0.25, 0.3) is 0 Å². The number of benzene rings is 2. The number of furan rings is 1. The van der Waals surface area contributed by atoms with Crippen LogP contribution >= 0.6 is 11.8 Å². The lowest BCUT2D eigenvalue weighted by molar-refractivity contribution is -0.148. The predicted molar refractivity (Wildman–Crippen MR) is 118 cm³/mol. The van der Waals surface area contributed by atoms with Gasteiger partial charge in [-0.3, -0.25) is 4.90 Å². The lowest BCUT2D eigenvalue weighted by Gasteiger charge is -2.28. The third-order valence-electron chi connectivity index (χ3n) is 5.11. The molecule has 6 nitrogen and oxygen atoms in total. The molecule has 4 rings (SSSR count). The zero-order valence-corrected chi connectivity index (χ0v) is 17.6. The molecule has 0 saturated carbocycles. The summed E-state index contributed by atoms with van der Waals surface area (Å²) in [6.07, 6.45) is 4.93. The number of fused-ring (bicyclic) bond motifs is 1. The fourth-order valence-electron chi connectivity index (χ4n) is 3.54. The number of carbonyl (C=O) groups is 2. The molecular formula is C23H24N2O4S. The second-order valence-corrected chi connectivity index (χ2v) is 8.26. The molecule has 0 bridgehead atoms. The van der Waals surface area contributed by atoms with E-state index in [9.17, 15) is 9.59 Å². The molecule has 2 amide bonds. The number of unbranched alkanes of at least 4 members (excludes halogenated alkanes) is 1. The summed E-state index contributed by atoms with van der Waals surface area (Å²) in [5.74, 6) is 0.110. The average molecular weight is 425 g/mol. The fraction of sp³-hybridized carbons (Fsp3) is 0.304. The number of urea groups is 1. The Morgan fingerprint density at radius 1 is 1.20 bits per heavy atom. The number of nitrogens with zero attached hydrogens (tertiary/aromatic N) is 1. The van der Waals surface area contributed by atoms with Crippen molar-refractivity contribution in [3.05, 3.63) is 66.6 Å². The fourth-order valence-corrected chi connectivity index (χ4v) is 4.93. The molecule has 1 fully saturated rings. The highest BCUT2D eigenvalue weighted by molar-refractivity contribution is 7.99. The maximum atomic E-state index is 13.4. The number of nitrogens with one attached hydrogen (secondary N) is 1. The molecule has 2 unspecified atom stereocenters. The molecule has 1 aliphatic heterocycles. The van der Waals surface area contributed by atoms with Gasteiger partial charge >= 0.3 is 12.0 Å². The Morgan fingerprint density at radius 2 is 2.03 bits per heavy atom. The van der Waals surface area contributed by atoms with Crippen LogP contribution in [0.3, 0.4) is 0 Å². The molecule has 156 valence electrons. The molecule has 0 aliphatic carbocycles. The van der Waals surface area contributed by atoms with E-state index in [1.807, 2.05) is 55.5 Å². The van der Waals surface area contributed by atoms with Crippen molar-refractivity contribution in [2.24, 2.45) is 0 Å². The van der Waals surface area contributed by atoms with Crippen molar-refractivity contribution >= 4 is 40.2 Å². The lowest BCUT2D eigenvalue weighted by Crippen LogP contribution is -2.45. The molecule has 3 aromatic rings. The highest BCUT2D eigenvalue weighted by atomic mass is 32.2. The van der Waals surface area contributed by atoms with Crippen molar-refractivity contribution < 1.29 is 18.7 Å². The van der Waals surface area contributed by atoms with Crippen molar-refractivity contribution in [2.75, 3.05) is 17.7 Å². The minimum absolute atomic E-state index is 0.317. The van der Waals surface area contributed by atoms with E-state index in [1.54, 1.807) is 17.4 Å². The van der Waals surface area contributed by atoms with Gasteiger partial charge in [0.15, 0.2) is 0 Å². The molecule has 0 radical (unpaired) electrons. The first-order valence-electron chi connectivity index (χ1n) is 10.1. The molecular weight excluding hydrogens is 400 g/mol. The molecule has 1 aliphatic rings. The number of hydrogen-bond acceptors (Lipinski definition) is 5. The number of thioether (sulfide) groups is 1. The summed E-state index contributed by atoms with van der Waals surface area (Å²) in [5.41, 5.74) is 1.55. The Bertz CT molecular complexity index is 1020. The van der Waals surface area contributed by atoms with E-state index in [-0.39, 0.29) is 17.4 Å². The SMILES string of the molecule is CCCCOC(=O)C1CSC(c2ccoc2)N1C(=O)Nc1cccc2ccccc12. The quantitative estimate of drug-likeness (QED) is 0.422. The van der Waals surface area contributed by atoms with E-state index < -0.39 is 6.04 Å². The topological polar surface area (TPSA) is 71.8 Å². The van der Waals surface area contributed by atoms with Gasteiger partial charge in [0.1, 0.15) is 11.4 Å². The number of hydrogen-bond donors (Lipinski definition) is 1. The monoisotopic (exact) mass is 424 g/mol. The Balaban J connectivity index is 1.60. The highest BCUT2D eigenvalue weighted by Crippen LogP contribution is 2.42. The van der Waals surface area contributed by atoms with Crippen LogP contribution in [0, 0.1) is 0 Å². The van der Waals surface area contributed by atoms with E-state index in [0.29, 0.717) is 18.0 Å². The highest BCUT2D eigenvalue weighted by Gasteiger charge is 2.43. The van der Waals surface area contributed by atoms with Gasteiger partial charge in [-0.15, -0.1) is 11.8 Å². The minimum atomic E-state index is -0.651. The largest absolute Gasteiger partial charge is 0.472 e. The Morgan fingerprint density at radius 3 is 2.83 bits per heavy atom. The lowest BCUT2D eigenvalue weighted by atomic mass is 10.1. The molecule has 2 atom stereocenters. The zero-order valence-electron chi connectivity index (χ0n) is 16.7. The number of rotatable bonds is 6. The van der Waals surface area contributed by atoms with Crippen molar-refractivity contribution in [1.29, 1.82) is 0 Å².